The van der Waals surface area contributed by atoms with Gasteiger partial charge in [-0.05, 0) is 64.7 Å². The van der Waals surface area contributed by atoms with Crippen molar-refractivity contribution in [3.8, 4) is 6.07 Å². The van der Waals surface area contributed by atoms with E-state index in [1.54, 1.807) is 6.07 Å². The zero-order valence-corrected chi connectivity index (χ0v) is 12.8. The average Bonchev–Trinajstić information content (AvgIpc) is 3.02. The Bertz CT molecular complexity index is 556. The molecule has 0 saturated heterocycles. The first-order valence-electron chi connectivity index (χ1n) is 6.61. The molecule has 0 spiro atoms. The van der Waals surface area contributed by atoms with Crippen LogP contribution >= 0.6 is 27.5 Å². The average molecular weight is 341 g/mol. The van der Waals surface area contributed by atoms with Gasteiger partial charge in [0, 0.05) is 4.47 Å². The maximum absolute atomic E-state index is 10.7. The van der Waals surface area contributed by atoms with Gasteiger partial charge in [0.15, 0.2) is 0 Å². The summed E-state index contributed by atoms with van der Waals surface area (Å²) >= 11 is 9.44. The number of benzene rings is 1. The zero-order chi connectivity index (χ0) is 13.6. The summed E-state index contributed by atoms with van der Waals surface area (Å²) in [4.78, 5) is 0. The molecule has 0 heterocycles. The smallest absolute Gasteiger partial charge is 0.0979 e. The van der Waals surface area contributed by atoms with Crippen LogP contribution in [0.15, 0.2) is 22.7 Å². The summed E-state index contributed by atoms with van der Waals surface area (Å²) in [5, 5.41) is 20.9. The molecule has 3 rings (SSSR count). The van der Waals surface area contributed by atoms with E-state index in [9.17, 15) is 10.4 Å². The monoisotopic (exact) mass is 339 g/mol. The molecule has 4 heteroatoms. The van der Waals surface area contributed by atoms with Crippen molar-refractivity contribution in [1.29, 1.82) is 5.26 Å². The highest BCUT2D eigenvalue weighted by Gasteiger charge is 2.55. The fourth-order valence-corrected chi connectivity index (χ4v) is 4.32. The first-order valence-corrected chi connectivity index (χ1v) is 7.78. The number of aliphatic hydroxyl groups excluding tert-OH is 1. The van der Waals surface area contributed by atoms with E-state index in [1.807, 2.05) is 12.1 Å². The molecule has 2 fully saturated rings. The van der Waals surface area contributed by atoms with E-state index in [4.69, 9.17) is 11.6 Å². The number of hydrogen-bond acceptors (Lipinski definition) is 2. The second-order valence-electron chi connectivity index (χ2n) is 5.81. The van der Waals surface area contributed by atoms with Gasteiger partial charge in [-0.3, -0.25) is 0 Å². The van der Waals surface area contributed by atoms with Gasteiger partial charge in [0.2, 0.25) is 0 Å². The van der Waals surface area contributed by atoms with Crippen molar-refractivity contribution >= 4 is 27.5 Å². The normalized spacial score (nSPS) is 34.2. The van der Waals surface area contributed by atoms with Crippen LogP contribution in [-0.2, 0) is 0 Å². The summed E-state index contributed by atoms with van der Waals surface area (Å²) in [6.07, 6.45) is 3.46. The molecule has 100 valence electrons. The molecule has 4 unspecified atom stereocenters. The lowest BCUT2D eigenvalue weighted by molar-refractivity contribution is 0.0233. The highest BCUT2D eigenvalue weighted by atomic mass is 79.9. The minimum absolute atomic E-state index is 0.333. The van der Waals surface area contributed by atoms with Gasteiger partial charge in [0.1, 0.15) is 0 Å². The molecule has 0 radical (unpaired) electrons. The minimum Gasteiger partial charge on any atom is -0.387 e. The fourth-order valence-electron chi connectivity index (χ4n) is 3.89. The van der Waals surface area contributed by atoms with Crippen LogP contribution in [0.1, 0.15) is 37.4 Å². The van der Waals surface area contributed by atoms with Gasteiger partial charge in [0.05, 0.1) is 22.6 Å². The predicted octanol–water partition coefficient (Wildman–Crippen LogP) is 4.47. The molecular formula is C15H15BrClNO. The number of fused-ring (bicyclic) bond motifs is 2. The second kappa shape index (κ2) is 4.77. The van der Waals surface area contributed by atoms with Crippen molar-refractivity contribution in [2.45, 2.75) is 31.8 Å². The van der Waals surface area contributed by atoms with Crippen molar-refractivity contribution in [1.82, 2.24) is 0 Å². The SMILES string of the molecule is N#CC1(C(O)c2ccc(Br)c(Cl)c2)CC2CCC1C2. The maximum atomic E-state index is 10.7. The van der Waals surface area contributed by atoms with Gasteiger partial charge in [-0.15, -0.1) is 0 Å². The second-order valence-corrected chi connectivity index (χ2v) is 7.07. The highest BCUT2D eigenvalue weighted by Crippen LogP contribution is 2.60. The van der Waals surface area contributed by atoms with E-state index in [2.05, 4.69) is 22.0 Å². The molecule has 0 aliphatic heterocycles. The van der Waals surface area contributed by atoms with Crippen LogP contribution < -0.4 is 0 Å². The molecule has 2 saturated carbocycles. The lowest BCUT2D eigenvalue weighted by Gasteiger charge is -2.35. The Morgan fingerprint density at radius 3 is 2.79 bits per heavy atom. The minimum atomic E-state index is -0.738. The molecule has 1 aromatic rings. The largest absolute Gasteiger partial charge is 0.387 e. The Morgan fingerprint density at radius 2 is 2.26 bits per heavy atom. The van der Waals surface area contributed by atoms with Crippen molar-refractivity contribution in [3.05, 3.63) is 33.3 Å². The molecule has 2 aliphatic rings. The third-order valence-electron chi connectivity index (χ3n) is 4.85. The lowest BCUT2D eigenvalue weighted by atomic mass is 9.68. The van der Waals surface area contributed by atoms with E-state index < -0.39 is 11.5 Å². The molecule has 4 atom stereocenters. The predicted molar refractivity (Wildman–Crippen MR) is 77.6 cm³/mol. The quantitative estimate of drug-likeness (QED) is 0.863. The van der Waals surface area contributed by atoms with Gasteiger partial charge in [-0.25, -0.2) is 0 Å². The standard InChI is InChI=1S/C15H15BrClNO/c16-12-4-2-10(6-13(12)17)14(19)15(8-18)7-9-1-3-11(15)5-9/h2,4,6,9,11,14,19H,1,3,5,7H2. The summed E-state index contributed by atoms with van der Waals surface area (Å²) in [5.41, 5.74) is 0.141. The van der Waals surface area contributed by atoms with Crippen LogP contribution in [0.2, 0.25) is 5.02 Å². The van der Waals surface area contributed by atoms with Crippen LogP contribution in [0.4, 0.5) is 0 Å². The molecule has 19 heavy (non-hydrogen) atoms. The van der Waals surface area contributed by atoms with Gasteiger partial charge in [-0.2, -0.15) is 5.26 Å². The highest BCUT2D eigenvalue weighted by molar-refractivity contribution is 9.10. The number of rotatable bonds is 2. The number of nitriles is 1. The number of nitrogens with zero attached hydrogens (tertiary/aromatic N) is 1. The number of halogens is 2. The number of hydrogen-bond donors (Lipinski definition) is 1. The molecule has 0 aromatic heterocycles. The van der Waals surface area contributed by atoms with Gasteiger partial charge < -0.3 is 5.11 Å². The molecular weight excluding hydrogens is 326 g/mol. The van der Waals surface area contributed by atoms with Gasteiger partial charge in [-0.1, -0.05) is 24.1 Å². The third-order valence-corrected chi connectivity index (χ3v) is 6.08. The van der Waals surface area contributed by atoms with E-state index in [0.717, 1.165) is 29.3 Å². The van der Waals surface area contributed by atoms with Crippen LogP contribution in [-0.4, -0.2) is 5.11 Å². The molecule has 2 nitrogen and oxygen atoms in total. The Kier molecular flexibility index (Phi) is 3.37. The van der Waals surface area contributed by atoms with E-state index >= 15 is 0 Å². The molecule has 0 amide bonds. The topological polar surface area (TPSA) is 44.0 Å². The Hall–Kier alpha value is -0.560. The van der Waals surface area contributed by atoms with Crippen molar-refractivity contribution < 1.29 is 5.11 Å². The van der Waals surface area contributed by atoms with Crippen molar-refractivity contribution in [2.24, 2.45) is 17.3 Å². The molecule has 2 aliphatic carbocycles. The van der Waals surface area contributed by atoms with Crippen molar-refractivity contribution in [3.63, 3.8) is 0 Å². The summed E-state index contributed by atoms with van der Waals surface area (Å²) in [6.45, 7) is 0. The van der Waals surface area contributed by atoms with Crippen LogP contribution in [0.25, 0.3) is 0 Å². The Labute approximate surface area is 126 Å². The summed E-state index contributed by atoms with van der Waals surface area (Å²) in [5.74, 6) is 0.949. The zero-order valence-electron chi connectivity index (χ0n) is 10.4. The van der Waals surface area contributed by atoms with Crippen molar-refractivity contribution in [2.75, 3.05) is 0 Å². The van der Waals surface area contributed by atoms with Crippen LogP contribution in [0, 0.1) is 28.6 Å². The molecule has 1 N–H and O–H groups in total. The van der Waals surface area contributed by atoms with Crippen LogP contribution in [0.5, 0.6) is 0 Å². The third kappa shape index (κ3) is 2.01. The van der Waals surface area contributed by atoms with E-state index in [1.165, 1.54) is 6.42 Å². The van der Waals surface area contributed by atoms with E-state index in [0.29, 0.717) is 16.9 Å². The fraction of sp³-hybridized carbons (Fsp3) is 0.533. The molecule has 1 aromatic carbocycles. The molecule has 2 bridgehead atoms. The Balaban J connectivity index is 1.96. The lowest BCUT2D eigenvalue weighted by Crippen LogP contribution is -2.33. The van der Waals surface area contributed by atoms with Crippen LogP contribution in [0.3, 0.4) is 0 Å². The first kappa shape index (κ1) is 13.4. The summed E-state index contributed by atoms with van der Waals surface area (Å²) < 4.78 is 0.809. The first-order chi connectivity index (χ1) is 9.06. The van der Waals surface area contributed by atoms with E-state index in [-0.39, 0.29) is 0 Å². The number of aliphatic hydroxyl groups is 1. The Morgan fingerprint density at radius 1 is 1.47 bits per heavy atom. The van der Waals surface area contributed by atoms with Gasteiger partial charge in [0.25, 0.3) is 0 Å². The maximum Gasteiger partial charge on any atom is 0.0979 e. The van der Waals surface area contributed by atoms with Gasteiger partial charge >= 0.3 is 0 Å². The summed E-state index contributed by atoms with van der Waals surface area (Å²) in [6, 6.07) is 7.89. The summed E-state index contributed by atoms with van der Waals surface area (Å²) in [7, 11) is 0.